The van der Waals surface area contributed by atoms with Gasteiger partial charge in [-0.2, -0.15) is 0 Å². The Bertz CT molecular complexity index is 290. The summed E-state index contributed by atoms with van der Waals surface area (Å²) in [5.41, 5.74) is 0. The Hall–Kier alpha value is -0.830. The van der Waals surface area contributed by atoms with Crippen LogP contribution in [0.5, 0.6) is 0 Å². The third-order valence-corrected chi connectivity index (χ3v) is 4.32. The van der Waals surface area contributed by atoms with E-state index in [9.17, 15) is 4.79 Å². The lowest BCUT2D eigenvalue weighted by molar-refractivity contribution is -0.121. The first-order chi connectivity index (χ1) is 11.8. The number of carbonyl (C=O) groups excluding carboxylic acids is 1. The van der Waals surface area contributed by atoms with Gasteiger partial charge in [0.05, 0.1) is 0 Å². The van der Waals surface area contributed by atoms with Crippen LogP contribution in [-0.4, -0.2) is 24.2 Å². The van der Waals surface area contributed by atoms with Gasteiger partial charge in [-0.25, -0.2) is 0 Å². The number of aliphatic hydroxyl groups is 1. The number of hydrogen-bond donors (Lipinski definition) is 2. The Labute approximate surface area is 150 Å². The van der Waals surface area contributed by atoms with Crippen LogP contribution < -0.4 is 5.32 Å². The predicted molar refractivity (Wildman–Crippen MR) is 104 cm³/mol. The highest BCUT2D eigenvalue weighted by molar-refractivity contribution is 5.75. The van der Waals surface area contributed by atoms with E-state index < -0.39 is 0 Å². The van der Waals surface area contributed by atoms with Crippen LogP contribution in [0.3, 0.4) is 0 Å². The van der Waals surface area contributed by atoms with Crippen molar-refractivity contribution in [3.63, 3.8) is 0 Å². The molecule has 0 fully saturated rings. The lowest BCUT2D eigenvalue weighted by Crippen LogP contribution is -2.24. The fourth-order valence-corrected chi connectivity index (χ4v) is 2.75. The molecule has 0 unspecified atom stereocenters. The van der Waals surface area contributed by atoms with Gasteiger partial charge < -0.3 is 10.4 Å². The zero-order valence-electron chi connectivity index (χ0n) is 16.0. The van der Waals surface area contributed by atoms with Gasteiger partial charge in [-0.3, -0.25) is 4.79 Å². The molecule has 0 aromatic rings. The topological polar surface area (TPSA) is 49.3 Å². The van der Waals surface area contributed by atoms with Crippen molar-refractivity contribution in [3.05, 3.63) is 12.2 Å². The first-order valence-electron chi connectivity index (χ1n) is 10.3. The molecule has 0 aliphatic heterocycles. The Morgan fingerprint density at radius 1 is 0.792 bits per heavy atom. The molecule has 3 heteroatoms. The molecule has 0 aromatic heterocycles. The van der Waals surface area contributed by atoms with Crippen molar-refractivity contribution in [2.75, 3.05) is 13.2 Å². The van der Waals surface area contributed by atoms with E-state index in [2.05, 4.69) is 24.4 Å². The summed E-state index contributed by atoms with van der Waals surface area (Å²) in [5.74, 6) is 0.126. The van der Waals surface area contributed by atoms with Crippen LogP contribution in [-0.2, 0) is 4.79 Å². The molecule has 0 heterocycles. The summed E-state index contributed by atoms with van der Waals surface area (Å²) in [6, 6.07) is 0. The maximum atomic E-state index is 11.4. The molecular weight excluding hydrogens is 298 g/mol. The number of aliphatic hydroxyl groups excluding tert-OH is 1. The van der Waals surface area contributed by atoms with Gasteiger partial charge in [0.15, 0.2) is 0 Å². The van der Waals surface area contributed by atoms with Crippen molar-refractivity contribution >= 4 is 5.91 Å². The minimum Gasteiger partial charge on any atom is -0.396 e. The van der Waals surface area contributed by atoms with E-state index in [-0.39, 0.29) is 12.5 Å². The molecule has 0 spiro atoms. The van der Waals surface area contributed by atoms with E-state index in [1.54, 1.807) is 0 Å². The number of allylic oxidation sites excluding steroid dienone is 2. The van der Waals surface area contributed by atoms with Crippen LogP contribution in [0.25, 0.3) is 0 Å². The van der Waals surface area contributed by atoms with E-state index in [4.69, 9.17) is 5.11 Å². The second-order valence-corrected chi connectivity index (χ2v) is 6.76. The lowest BCUT2D eigenvalue weighted by Gasteiger charge is -2.03. The first-order valence-corrected chi connectivity index (χ1v) is 10.3. The molecule has 142 valence electrons. The van der Waals surface area contributed by atoms with Gasteiger partial charge in [0, 0.05) is 19.6 Å². The van der Waals surface area contributed by atoms with E-state index in [1.807, 2.05) is 0 Å². The first kappa shape index (κ1) is 23.2. The van der Waals surface area contributed by atoms with Crippen LogP contribution in [0, 0.1) is 0 Å². The van der Waals surface area contributed by atoms with Crippen LogP contribution >= 0.6 is 0 Å². The Morgan fingerprint density at radius 2 is 1.33 bits per heavy atom. The zero-order chi connectivity index (χ0) is 17.7. The summed E-state index contributed by atoms with van der Waals surface area (Å²) >= 11 is 0. The molecule has 0 aliphatic carbocycles. The highest BCUT2D eigenvalue weighted by Crippen LogP contribution is 2.09. The second kappa shape index (κ2) is 20.2. The molecule has 0 aliphatic rings. The van der Waals surface area contributed by atoms with Gasteiger partial charge >= 0.3 is 0 Å². The second-order valence-electron chi connectivity index (χ2n) is 6.76. The Kier molecular flexibility index (Phi) is 19.5. The fourth-order valence-electron chi connectivity index (χ4n) is 2.75. The Morgan fingerprint density at radius 3 is 1.92 bits per heavy atom. The Balaban J connectivity index is 3.16. The molecule has 0 bridgehead atoms. The number of carbonyl (C=O) groups is 1. The van der Waals surface area contributed by atoms with Gasteiger partial charge in [-0.05, 0) is 38.5 Å². The number of amides is 1. The predicted octanol–water partition coefficient (Wildman–Crippen LogP) is 5.52. The molecule has 0 rings (SSSR count). The van der Waals surface area contributed by atoms with Crippen LogP contribution in [0.4, 0.5) is 0 Å². The monoisotopic (exact) mass is 339 g/mol. The normalized spacial score (nSPS) is 11.2. The maximum Gasteiger partial charge on any atom is 0.219 e. The van der Waals surface area contributed by atoms with Crippen LogP contribution in [0.2, 0.25) is 0 Å². The largest absolute Gasteiger partial charge is 0.396 e. The summed E-state index contributed by atoms with van der Waals surface area (Å²) in [6.45, 7) is 3.01. The maximum absolute atomic E-state index is 11.4. The average Bonchev–Trinajstić information content (AvgIpc) is 2.58. The van der Waals surface area contributed by atoms with Crippen LogP contribution in [0.1, 0.15) is 103 Å². The van der Waals surface area contributed by atoms with Gasteiger partial charge in [0.2, 0.25) is 5.91 Å². The summed E-state index contributed by atoms with van der Waals surface area (Å²) in [7, 11) is 0. The number of nitrogens with one attached hydrogen (secondary N) is 1. The highest BCUT2D eigenvalue weighted by atomic mass is 16.3. The van der Waals surface area contributed by atoms with E-state index in [0.717, 1.165) is 12.8 Å². The van der Waals surface area contributed by atoms with Crippen molar-refractivity contribution in [2.45, 2.75) is 103 Å². The summed E-state index contributed by atoms with van der Waals surface area (Å²) in [6.07, 6.45) is 22.6. The summed E-state index contributed by atoms with van der Waals surface area (Å²) in [5, 5.41) is 11.5. The van der Waals surface area contributed by atoms with Crippen molar-refractivity contribution < 1.29 is 9.90 Å². The molecule has 0 saturated carbocycles. The van der Waals surface area contributed by atoms with Gasteiger partial charge in [0.25, 0.3) is 0 Å². The molecule has 3 nitrogen and oxygen atoms in total. The quantitative estimate of drug-likeness (QED) is 0.255. The number of rotatable bonds is 18. The fraction of sp³-hybridized carbons (Fsp3) is 0.857. The molecule has 0 atom stereocenters. The smallest absolute Gasteiger partial charge is 0.219 e. The van der Waals surface area contributed by atoms with Gasteiger partial charge in [-0.15, -0.1) is 0 Å². The molecule has 2 N–H and O–H groups in total. The summed E-state index contributed by atoms with van der Waals surface area (Å²) < 4.78 is 0. The van der Waals surface area contributed by atoms with E-state index in [0.29, 0.717) is 19.4 Å². The van der Waals surface area contributed by atoms with Gasteiger partial charge in [-0.1, -0.05) is 70.4 Å². The molecular formula is C21H41NO2. The third kappa shape index (κ3) is 19.2. The van der Waals surface area contributed by atoms with E-state index in [1.165, 1.54) is 70.6 Å². The summed E-state index contributed by atoms with van der Waals surface area (Å²) in [4.78, 5) is 11.4. The average molecular weight is 340 g/mol. The number of hydrogen-bond acceptors (Lipinski definition) is 2. The minimum atomic E-state index is 0.126. The number of unbranched alkanes of at least 4 members (excludes halogenated alkanes) is 11. The van der Waals surface area contributed by atoms with Crippen molar-refractivity contribution in [1.82, 2.24) is 5.32 Å². The third-order valence-electron chi connectivity index (χ3n) is 4.32. The SMILES string of the molecule is CCCCCCCC/C=C/CCCCCCCC(=O)NCCCO. The molecule has 0 aromatic carbocycles. The van der Waals surface area contributed by atoms with Crippen molar-refractivity contribution in [1.29, 1.82) is 0 Å². The van der Waals surface area contributed by atoms with Gasteiger partial charge in [0.1, 0.15) is 0 Å². The van der Waals surface area contributed by atoms with E-state index >= 15 is 0 Å². The molecule has 24 heavy (non-hydrogen) atoms. The zero-order valence-corrected chi connectivity index (χ0v) is 16.0. The molecule has 0 saturated heterocycles. The van der Waals surface area contributed by atoms with Crippen molar-refractivity contribution in [3.8, 4) is 0 Å². The highest BCUT2D eigenvalue weighted by Gasteiger charge is 1.99. The molecule has 0 radical (unpaired) electrons. The lowest BCUT2D eigenvalue weighted by atomic mass is 10.1. The standard InChI is InChI=1S/C21H41NO2/c1-2-3-4-5-6-7-8-9-10-11-12-13-14-15-16-18-21(24)22-19-17-20-23/h9-10,23H,2-8,11-20H2,1H3,(H,22,24)/b10-9+. The van der Waals surface area contributed by atoms with Crippen molar-refractivity contribution in [2.24, 2.45) is 0 Å². The van der Waals surface area contributed by atoms with Crippen LogP contribution in [0.15, 0.2) is 12.2 Å². The molecule has 1 amide bonds. The minimum absolute atomic E-state index is 0.126.